The molecule has 0 aliphatic carbocycles. The Morgan fingerprint density at radius 3 is 2.61 bits per heavy atom. The molecule has 4 nitrogen and oxygen atoms in total. The third kappa shape index (κ3) is 3.09. The van der Waals surface area contributed by atoms with Crippen molar-refractivity contribution in [2.75, 3.05) is 4.72 Å². The van der Waals surface area contributed by atoms with Crippen LogP contribution in [-0.2, 0) is 10.0 Å². The van der Waals surface area contributed by atoms with Crippen LogP contribution in [0.4, 0.5) is 5.69 Å². The summed E-state index contributed by atoms with van der Waals surface area (Å²) < 4.78 is 28.0. The van der Waals surface area contributed by atoms with Gasteiger partial charge in [-0.2, -0.15) is 0 Å². The monoisotopic (exact) mass is 390 g/mol. The van der Waals surface area contributed by atoms with Crippen LogP contribution in [0.5, 0.6) is 0 Å². The van der Waals surface area contributed by atoms with Gasteiger partial charge in [-0.1, -0.05) is 15.9 Å². The quantitative estimate of drug-likeness (QED) is 0.872. The second kappa shape index (κ2) is 5.38. The van der Waals surface area contributed by atoms with Gasteiger partial charge in [-0.15, -0.1) is 0 Å². The predicted octanol–water partition coefficient (Wildman–Crippen LogP) is 3.41. The van der Waals surface area contributed by atoms with E-state index in [-0.39, 0.29) is 4.90 Å². The minimum atomic E-state index is -3.63. The average Bonchev–Trinajstić information content (AvgIpc) is 2.33. The van der Waals surface area contributed by atoms with E-state index in [4.69, 9.17) is 0 Å². The number of benzene rings is 1. The number of hydrogen-bond donors (Lipinski definition) is 1. The number of pyridine rings is 1. The molecular formula is C11H8Br2N2O2S. The largest absolute Gasteiger partial charge is 0.278 e. The van der Waals surface area contributed by atoms with Gasteiger partial charge in [0.1, 0.15) is 4.90 Å². The van der Waals surface area contributed by atoms with Crippen molar-refractivity contribution < 1.29 is 8.42 Å². The molecule has 0 saturated carbocycles. The number of anilines is 1. The first-order valence-electron chi connectivity index (χ1n) is 4.87. The molecule has 1 heterocycles. The van der Waals surface area contributed by atoms with Crippen molar-refractivity contribution in [2.24, 2.45) is 0 Å². The van der Waals surface area contributed by atoms with E-state index in [0.717, 1.165) is 0 Å². The first kappa shape index (κ1) is 13.5. The van der Waals surface area contributed by atoms with Crippen LogP contribution in [0, 0.1) is 0 Å². The van der Waals surface area contributed by atoms with Gasteiger partial charge in [0.25, 0.3) is 10.0 Å². The topological polar surface area (TPSA) is 59.1 Å². The minimum Gasteiger partial charge on any atom is -0.278 e. The zero-order chi connectivity index (χ0) is 13.2. The SMILES string of the molecule is O=S(=O)(Nc1cccnc1)c1cc(Br)ccc1Br. The van der Waals surface area contributed by atoms with Crippen molar-refractivity contribution in [3.63, 3.8) is 0 Å². The summed E-state index contributed by atoms with van der Waals surface area (Å²) in [6.07, 6.45) is 3.02. The number of sulfonamides is 1. The van der Waals surface area contributed by atoms with Gasteiger partial charge >= 0.3 is 0 Å². The Balaban J connectivity index is 2.40. The van der Waals surface area contributed by atoms with Crippen molar-refractivity contribution in [3.8, 4) is 0 Å². The van der Waals surface area contributed by atoms with Crippen LogP contribution in [0.2, 0.25) is 0 Å². The number of halogens is 2. The molecule has 1 aromatic heterocycles. The number of aromatic nitrogens is 1. The summed E-state index contributed by atoms with van der Waals surface area (Å²) in [6, 6.07) is 8.25. The van der Waals surface area contributed by atoms with Crippen LogP contribution in [0.1, 0.15) is 0 Å². The van der Waals surface area contributed by atoms with Gasteiger partial charge in [-0.3, -0.25) is 9.71 Å². The fraction of sp³-hybridized carbons (Fsp3) is 0. The highest BCUT2D eigenvalue weighted by molar-refractivity contribution is 9.11. The van der Waals surface area contributed by atoms with Crippen molar-refractivity contribution >= 4 is 47.6 Å². The lowest BCUT2D eigenvalue weighted by molar-refractivity contribution is 0.600. The molecule has 0 aliphatic rings. The molecule has 94 valence electrons. The summed E-state index contributed by atoms with van der Waals surface area (Å²) in [7, 11) is -3.63. The van der Waals surface area contributed by atoms with Gasteiger partial charge in [-0.25, -0.2) is 8.42 Å². The van der Waals surface area contributed by atoms with Crippen molar-refractivity contribution in [3.05, 3.63) is 51.7 Å². The number of nitrogens with zero attached hydrogens (tertiary/aromatic N) is 1. The molecule has 0 unspecified atom stereocenters. The highest BCUT2D eigenvalue weighted by atomic mass is 79.9. The molecule has 0 bridgehead atoms. The third-order valence-electron chi connectivity index (χ3n) is 2.10. The van der Waals surface area contributed by atoms with Crippen LogP contribution in [0.3, 0.4) is 0 Å². The maximum atomic E-state index is 12.2. The second-order valence-electron chi connectivity index (χ2n) is 3.42. The van der Waals surface area contributed by atoms with Gasteiger partial charge in [0.15, 0.2) is 0 Å². The zero-order valence-electron chi connectivity index (χ0n) is 8.97. The summed E-state index contributed by atoms with van der Waals surface area (Å²) in [6.45, 7) is 0. The molecule has 0 spiro atoms. The molecule has 0 aliphatic heterocycles. The standard InChI is InChI=1S/C11H8Br2N2O2S/c12-8-3-4-10(13)11(6-8)18(16,17)15-9-2-1-5-14-7-9/h1-7,15H. The smallest absolute Gasteiger partial charge is 0.263 e. The molecular weight excluding hydrogens is 384 g/mol. The molecule has 0 atom stereocenters. The van der Waals surface area contributed by atoms with E-state index in [1.54, 1.807) is 30.5 Å². The van der Waals surface area contributed by atoms with Crippen molar-refractivity contribution in [2.45, 2.75) is 4.90 Å². The summed E-state index contributed by atoms with van der Waals surface area (Å²) in [5.74, 6) is 0. The third-order valence-corrected chi connectivity index (χ3v) is 4.96. The van der Waals surface area contributed by atoms with Crippen LogP contribution >= 0.6 is 31.9 Å². The number of rotatable bonds is 3. The summed E-state index contributed by atoms with van der Waals surface area (Å²) in [5.41, 5.74) is 0.421. The van der Waals surface area contributed by atoms with E-state index in [2.05, 4.69) is 41.6 Å². The molecule has 1 N–H and O–H groups in total. The van der Waals surface area contributed by atoms with E-state index < -0.39 is 10.0 Å². The Hall–Kier alpha value is -0.920. The molecule has 18 heavy (non-hydrogen) atoms. The lowest BCUT2D eigenvalue weighted by Crippen LogP contribution is -2.13. The average molecular weight is 392 g/mol. The molecule has 2 aromatic rings. The molecule has 0 saturated heterocycles. The normalized spacial score (nSPS) is 11.2. The van der Waals surface area contributed by atoms with E-state index in [1.807, 2.05) is 0 Å². The van der Waals surface area contributed by atoms with Crippen LogP contribution in [0.25, 0.3) is 0 Å². The number of hydrogen-bond acceptors (Lipinski definition) is 3. The van der Waals surface area contributed by atoms with E-state index in [0.29, 0.717) is 14.6 Å². The number of nitrogens with one attached hydrogen (secondary N) is 1. The molecule has 0 amide bonds. The predicted molar refractivity (Wildman–Crippen MR) is 76.9 cm³/mol. The van der Waals surface area contributed by atoms with Gasteiger partial charge in [0.05, 0.1) is 11.9 Å². The van der Waals surface area contributed by atoms with E-state index in [9.17, 15) is 8.42 Å². The Bertz CT molecular complexity index is 660. The fourth-order valence-corrected chi connectivity index (χ4v) is 3.86. The van der Waals surface area contributed by atoms with E-state index in [1.165, 1.54) is 12.3 Å². The molecule has 0 fully saturated rings. The molecule has 7 heteroatoms. The second-order valence-corrected chi connectivity index (χ2v) is 6.84. The highest BCUT2D eigenvalue weighted by Crippen LogP contribution is 2.27. The Morgan fingerprint density at radius 2 is 1.94 bits per heavy atom. The van der Waals surface area contributed by atoms with Crippen molar-refractivity contribution in [1.82, 2.24) is 4.98 Å². The van der Waals surface area contributed by atoms with Gasteiger partial charge < -0.3 is 0 Å². The van der Waals surface area contributed by atoms with Gasteiger partial charge in [0, 0.05) is 15.1 Å². The van der Waals surface area contributed by atoms with Crippen LogP contribution in [0.15, 0.2) is 56.6 Å². The van der Waals surface area contributed by atoms with E-state index >= 15 is 0 Å². The van der Waals surface area contributed by atoms with Crippen LogP contribution in [-0.4, -0.2) is 13.4 Å². The zero-order valence-corrected chi connectivity index (χ0v) is 13.0. The molecule has 0 radical (unpaired) electrons. The lowest BCUT2D eigenvalue weighted by Gasteiger charge is -2.09. The molecule has 1 aromatic carbocycles. The fourth-order valence-electron chi connectivity index (χ4n) is 1.32. The van der Waals surface area contributed by atoms with Gasteiger partial charge in [0.2, 0.25) is 0 Å². The Kier molecular flexibility index (Phi) is 4.04. The Morgan fingerprint density at radius 1 is 1.17 bits per heavy atom. The summed E-state index contributed by atoms with van der Waals surface area (Å²) >= 11 is 6.47. The lowest BCUT2D eigenvalue weighted by atomic mass is 10.4. The van der Waals surface area contributed by atoms with Crippen molar-refractivity contribution in [1.29, 1.82) is 0 Å². The van der Waals surface area contributed by atoms with Gasteiger partial charge in [-0.05, 0) is 46.3 Å². The summed E-state index contributed by atoms with van der Waals surface area (Å²) in [4.78, 5) is 4.02. The maximum Gasteiger partial charge on any atom is 0.263 e. The first-order chi connectivity index (χ1) is 8.49. The maximum absolute atomic E-state index is 12.2. The Labute approximate surface area is 122 Å². The molecule has 2 rings (SSSR count). The van der Waals surface area contributed by atoms with Crippen LogP contribution < -0.4 is 4.72 Å². The highest BCUT2D eigenvalue weighted by Gasteiger charge is 2.18. The first-order valence-corrected chi connectivity index (χ1v) is 7.94. The summed E-state index contributed by atoms with van der Waals surface area (Å²) in [5, 5.41) is 0. The minimum absolute atomic E-state index is 0.167.